The third kappa shape index (κ3) is 2.72. The first-order valence-electron chi connectivity index (χ1n) is 7.06. The highest BCUT2D eigenvalue weighted by molar-refractivity contribution is 5.58. The van der Waals surface area contributed by atoms with E-state index in [1.807, 2.05) is 28.9 Å². The fourth-order valence-electron chi connectivity index (χ4n) is 2.15. The average Bonchev–Trinajstić information content (AvgIpc) is 2.73. The molecule has 1 aromatic carbocycles. The van der Waals surface area contributed by atoms with Crippen LogP contribution in [0.1, 0.15) is 52.9 Å². The first kappa shape index (κ1) is 14.6. The van der Waals surface area contributed by atoms with Crippen LogP contribution in [0.25, 0.3) is 5.69 Å². The van der Waals surface area contributed by atoms with E-state index in [0.717, 1.165) is 17.1 Å². The molecule has 0 saturated carbocycles. The molecule has 0 radical (unpaired) electrons. The molecule has 0 amide bonds. The fourth-order valence-corrected chi connectivity index (χ4v) is 2.15. The van der Waals surface area contributed by atoms with E-state index in [9.17, 15) is 0 Å². The number of benzene rings is 1. The Balaban J connectivity index is 2.69. The molecule has 2 N–H and O–H groups in total. The Morgan fingerprint density at radius 1 is 0.950 bits per heavy atom. The summed E-state index contributed by atoms with van der Waals surface area (Å²) >= 11 is 0. The van der Waals surface area contributed by atoms with Crippen LogP contribution in [0, 0.1) is 0 Å². The van der Waals surface area contributed by atoms with E-state index in [0.29, 0.717) is 0 Å². The highest BCUT2D eigenvalue weighted by Gasteiger charge is 2.26. The summed E-state index contributed by atoms with van der Waals surface area (Å²) in [6, 6.07) is 10.1. The second kappa shape index (κ2) is 4.65. The highest BCUT2D eigenvalue weighted by Crippen LogP contribution is 2.31. The van der Waals surface area contributed by atoms with Gasteiger partial charge in [0, 0.05) is 16.5 Å². The molecule has 0 atom stereocenters. The number of nitrogens with two attached hydrogens (primary N) is 1. The first-order valence-corrected chi connectivity index (χ1v) is 7.06. The summed E-state index contributed by atoms with van der Waals surface area (Å²) in [5, 5.41) is 4.82. The summed E-state index contributed by atoms with van der Waals surface area (Å²) in [6.07, 6.45) is 0. The number of anilines is 1. The number of hydrogen-bond acceptors (Lipinski definition) is 2. The molecule has 0 aliphatic rings. The van der Waals surface area contributed by atoms with Gasteiger partial charge in [-0.2, -0.15) is 5.10 Å². The third-order valence-corrected chi connectivity index (χ3v) is 3.41. The van der Waals surface area contributed by atoms with Crippen LogP contribution >= 0.6 is 0 Å². The molecule has 1 aromatic heterocycles. The van der Waals surface area contributed by atoms with Crippen LogP contribution < -0.4 is 5.73 Å². The summed E-state index contributed by atoms with van der Waals surface area (Å²) < 4.78 is 2.00. The predicted octanol–water partition coefficient (Wildman–Crippen LogP) is 4.05. The quantitative estimate of drug-likeness (QED) is 0.795. The molecule has 2 aromatic rings. The maximum Gasteiger partial charge on any atom is 0.0878 e. The molecule has 0 aliphatic carbocycles. The summed E-state index contributed by atoms with van der Waals surface area (Å²) in [6.45, 7) is 13.1. The lowest BCUT2D eigenvalue weighted by Crippen LogP contribution is -2.18. The predicted molar refractivity (Wildman–Crippen MR) is 85.4 cm³/mol. The zero-order valence-electron chi connectivity index (χ0n) is 13.4. The lowest BCUT2D eigenvalue weighted by Gasteiger charge is -2.20. The van der Waals surface area contributed by atoms with Gasteiger partial charge in [0.05, 0.1) is 17.1 Å². The molecule has 0 fully saturated rings. The lowest BCUT2D eigenvalue weighted by molar-refractivity contribution is 0.537. The van der Waals surface area contributed by atoms with Gasteiger partial charge in [0.15, 0.2) is 0 Å². The lowest BCUT2D eigenvalue weighted by atomic mass is 9.88. The van der Waals surface area contributed by atoms with Crippen LogP contribution in [0.5, 0.6) is 0 Å². The van der Waals surface area contributed by atoms with E-state index in [1.54, 1.807) is 0 Å². The molecule has 0 aliphatic heterocycles. The Labute approximate surface area is 121 Å². The van der Waals surface area contributed by atoms with E-state index in [4.69, 9.17) is 10.8 Å². The van der Waals surface area contributed by atoms with E-state index in [-0.39, 0.29) is 10.8 Å². The third-order valence-electron chi connectivity index (χ3n) is 3.41. The molecular weight excluding hydrogens is 246 g/mol. The molecule has 20 heavy (non-hydrogen) atoms. The molecule has 0 saturated heterocycles. The van der Waals surface area contributed by atoms with Gasteiger partial charge >= 0.3 is 0 Å². The van der Waals surface area contributed by atoms with Gasteiger partial charge in [-0.3, -0.25) is 0 Å². The van der Waals surface area contributed by atoms with Crippen molar-refractivity contribution in [2.75, 3.05) is 5.73 Å². The average molecular weight is 271 g/mol. The molecule has 3 heteroatoms. The molecule has 0 spiro atoms. The maximum atomic E-state index is 6.12. The monoisotopic (exact) mass is 271 g/mol. The minimum atomic E-state index is 0.0127. The van der Waals surface area contributed by atoms with Crippen molar-refractivity contribution in [1.29, 1.82) is 0 Å². The van der Waals surface area contributed by atoms with Crippen molar-refractivity contribution in [3.05, 3.63) is 41.7 Å². The zero-order chi connectivity index (χ0) is 15.1. The molecule has 2 rings (SSSR count). The fraction of sp³-hybridized carbons (Fsp3) is 0.471. The Morgan fingerprint density at radius 3 is 2.05 bits per heavy atom. The van der Waals surface area contributed by atoms with Gasteiger partial charge in [-0.1, -0.05) is 53.7 Å². The summed E-state index contributed by atoms with van der Waals surface area (Å²) in [5.41, 5.74) is 10.1. The smallest absolute Gasteiger partial charge is 0.0878 e. The Hall–Kier alpha value is -1.77. The molecule has 0 unspecified atom stereocenters. The second-order valence-corrected chi connectivity index (χ2v) is 7.39. The van der Waals surface area contributed by atoms with Crippen molar-refractivity contribution < 1.29 is 0 Å². The number of nitrogens with zero attached hydrogens (tertiary/aromatic N) is 2. The van der Waals surface area contributed by atoms with Gasteiger partial charge in [-0.05, 0) is 18.2 Å². The van der Waals surface area contributed by atoms with Gasteiger partial charge in [-0.25, -0.2) is 4.68 Å². The van der Waals surface area contributed by atoms with E-state index < -0.39 is 0 Å². The van der Waals surface area contributed by atoms with E-state index in [2.05, 4.69) is 47.6 Å². The van der Waals surface area contributed by atoms with Crippen LogP contribution in [0.2, 0.25) is 0 Å². The second-order valence-electron chi connectivity index (χ2n) is 7.39. The number of para-hydroxylation sites is 2. The zero-order valence-corrected chi connectivity index (χ0v) is 13.4. The number of nitrogen functional groups attached to an aromatic ring is 1. The minimum absolute atomic E-state index is 0.0127. The maximum absolute atomic E-state index is 6.12. The molecule has 108 valence electrons. The topological polar surface area (TPSA) is 43.8 Å². The van der Waals surface area contributed by atoms with Crippen LogP contribution in [-0.4, -0.2) is 9.78 Å². The van der Waals surface area contributed by atoms with Crippen molar-refractivity contribution in [2.24, 2.45) is 0 Å². The van der Waals surface area contributed by atoms with Crippen molar-refractivity contribution in [3.8, 4) is 5.69 Å². The van der Waals surface area contributed by atoms with Gasteiger partial charge in [0.2, 0.25) is 0 Å². The Morgan fingerprint density at radius 2 is 1.55 bits per heavy atom. The number of rotatable bonds is 1. The summed E-state index contributed by atoms with van der Waals surface area (Å²) in [7, 11) is 0. The van der Waals surface area contributed by atoms with E-state index >= 15 is 0 Å². The van der Waals surface area contributed by atoms with Crippen LogP contribution in [0.4, 0.5) is 5.69 Å². The largest absolute Gasteiger partial charge is 0.397 e. The van der Waals surface area contributed by atoms with Gasteiger partial charge < -0.3 is 5.73 Å². The van der Waals surface area contributed by atoms with Crippen molar-refractivity contribution in [3.63, 3.8) is 0 Å². The van der Waals surface area contributed by atoms with Gasteiger partial charge in [0.25, 0.3) is 0 Å². The van der Waals surface area contributed by atoms with Gasteiger partial charge in [-0.15, -0.1) is 0 Å². The summed E-state index contributed by atoms with van der Waals surface area (Å²) in [5.74, 6) is 0. The Kier molecular flexibility index (Phi) is 3.41. The van der Waals surface area contributed by atoms with Crippen molar-refractivity contribution in [1.82, 2.24) is 9.78 Å². The number of aromatic nitrogens is 2. The Bertz CT molecular complexity index is 610. The molecular formula is C17H25N3. The molecule has 3 nitrogen and oxygen atoms in total. The minimum Gasteiger partial charge on any atom is -0.397 e. The van der Waals surface area contributed by atoms with Crippen LogP contribution in [0.15, 0.2) is 30.3 Å². The van der Waals surface area contributed by atoms with E-state index in [1.165, 1.54) is 5.69 Å². The van der Waals surface area contributed by atoms with Crippen LogP contribution in [-0.2, 0) is 10.8 Å². The van der Waals surface area contributed by atoms with Gasteiger partial charge in [0.1, 0.15) is 0 Å². The number of hydrogen-bond donors (Lipinski definition) is 1. The molecule has 0 bridgehead atoms. The van der Waals surface area contributed by atoms with Crippen molar-refractivity contribution >= 4 is 5.69 Å². The normalized spacial score (nSPS) is 12.7. The highest BCUT2D eigenvalue weighted by atomic mass is 15.3. The standard InChI is InChI=1S/C17H25N3/c1-16(2,3)14-11-15(17(4,5)6)20(19-14)13-10-8-7-9-12(13)18/h7-11H,18H2,1-6H3. The SMILES string of the molecule is CC(C)(C)c1cc(C(C)(C)C)n(-c2ccccc2N)n1. The molecule has 1 heterocycles. The first-order chi connectivity index (χ1) is 9.10. The van der Waals surface area contributed by atoms with Crippen molar-refractivity contribution in [2.45, 2.75) is 52.4 Å². The summed E-state index contributed by atoms with van der Waals surface area (Å²) in [4.78, 5) is 0. The van der Waals surface area contributed by atoms with Crippen LogP contribution in [0.3, 0.4) is 0 Å².